The number of carbonyl (C=O) groups excluding carboxylic acids is 1. The Labute approximate surface area is 103 Å². The minimum Gasteiger partial charge on any atom is -0.399 e. The third kappa shape index (κ3) is 2.43. The molecule has 0 spiro atoms. The van der Waals surface area contributed by atoms with Gasteiger partial charge in [-0.3, -0.25) is 4.79 Å². The molecular weight excluding hydrogens is 212 g/mol. The van der Waals surface area contributed by atoms with Gasteiger partial charge < -0.3 is 10.6 Å². The maximum atomic E-state index is 12.1. The number of amides is 1. The second kappa shape index (κ2) is 4.78. The summed E-state index contributed by atoms with van der Waals surface area (Å²) < 4.78 is 0. The molecule has 1 atom stereocenters. The highest BCUT2D eigenvalue weighted by molar-refractivity contribution is 5.79. The number of hydrogen-bond donors (Lipinski definition) is 1. The second-order valence-corrected chi connectivity index (χ2v) is 5.01. The third-order valence-electron chi connectivity index (χ3n) is 3.35. The lowest BCUT2D eigenvalue weighted by Crippen LogP contribution is -2.33. The predicted octanol–water partition coefficient (Wildman–Crippen LogP) is 2.59. The molecule has 1 aromatic carbocycles. The lowest BCUT2D eigenvalue weighted by Gasteiger charge is -2.26. The summed E-state index contributed by atoms with van der Waals surface area (Å²) in [5.74, 6) is 0.328. The second-order valence-electron chi connectivity index (χ2n) is 5.01. The van der Waals surface area contributed by atoms with E-state index in [1.165, 1.54) is 5.56 Å². The predicted molar refractivity (Wildman–Crippen MR) is 69.4 cm³/mol. The molecular formula is C14H20N2O. The van der Waals surface area contributed by atoms with Gasteiger partial charge in [0.05, 0.1) is 6.04 Å². The molecule has 1 amide bonds. The van der Waals surface area contributed by atoms with Crippen LogP contribution in [0.5, 0.6) is 0 Å². The van der Waals surface area contributed by atoms with Crippen LogP contribution in [-0.2, 0) is 4.79 Å². The Balaban J connectivity index is 2.20. The van der Waals surface area contributed by atoms with Gasteiger partial charge >= 0.3 is 0 Å². The van der Waals surface area contributed by atoms with E-state index in [0.717, 1.165) is 25.1 Å². The molecule has 1 aliphatic heterocycles. The molecule has 3 nitrogen and oxygen atoms in total. The minimum atomic E-state index is 0.0735. The van der Waals surface area contributed by atoms with Crippen LogP contribution in [0.1, 0.15) is 38.3 Å². The Morgan fingerprint density at radius 2 is 2.00 bits per heavy atom. The first kappa shape index (κ1) is 12.0. The van der Waals surface area contributed by atoms with Crippen molar-refractivity contribution in [2.24, 2.45) is 5.92 Å². The molecule has 2 N–H and O–H groups in total. The minimum absolute atomic E-state index is 0.0735. The molecule has 1 fully saturated rings. The van der Waals surface area contributed by atoms with Gasteiger partial charge in [0.15, 0.2) is 0 Å². The highest BCUT2D eigenvalue weighted by Crippen LogP contribution is 2.33. The Morgan fingerprint density at radius 1 is 1.35 bits per heavy atom. The summed E-state index contributed by atoms with van der Waals surface area (Å²) in [6.07, 6.45) is 2.15. The molecule has 0 saturated carbocycles. The lowest BCUT2D eigenvalue weighted by molar-refractivity contribution is -0.135. The number of hydrogen-bond acceptors (Lipinski definition) is 2. The van der Waals surface area contributed by atoms with Crippen molar-refractivity contribution in [3.05, 3.63) is 29.8 Å². The zero-order valence-electron chi connectivity index (χ0n) is 10.5. The van der Waals surface area contributed by atoms with Crippen molar-refractivity contribution in [1.82, 2.24) is 4.90 Å². The van der Waals surface area contributed by atoms with Crippen molar-refractivity contribution in [2.75, 3.05) is 12.3 Å². The van der Waals surface area contributed by atoms with E-state index >= 15 is 0 Å². The van der Waals surface area contributed by atoms with Gasteiger partial charge in [-0.15, -0.1) is 0 Å². The van der Waals surface area contributed by atoms with E-state index in [1.807, 2.05) is 43.0 Å². The van der Waals surface area contributed by atoms with Crippen molar-refractivity contribution in [3.63, 3.8) is 0 Å². The molecule has 1 heterocycles. The molecule has 17 heavy (non-hydrogen) atoms. The van der Waals surface area contributed by atoms with Crippen molar-refractivity contribution in [2.45, 2.75) is 32.7 Å². The lowest BCUT2D eigenvalue weighted by atomic mass is 10.0. The fourth-order valence-electron chi connectivity index (χ4n) is 2.43. The maximum absolute atomic E-state index is 12.1. The summed E-state index contributed by atoms with van der Waals surface area (Å²) in [4.78, 5) is 14.1. The number of nitrogen functional groups attached to an aromatic ring is 1. The van der Waals surface area contributed by atoms with Crippen molar-refractivity contribution in [1.29, 1.82) is 0 Å². The topological polar surface area (TPSA) is 46.3 Å². The molecule has 0 aliphatic carbocycles. The van der Waals surface area contributed by atoms with Crippen LogP contribution < -0.4 is 5.73 Å². The Kier molecular flexibility index (Phi) is 3.36. The maximum Gasteiger partial charge on any atom is 0.225 e. The van der Waals surface area contributed by atoms with E-state index in [2.05, 4.69) is 0 Å². The van der Waals surface area contributed by atoms with Gasteiger partial charge in [0.2, 0.25) is 5.91 Å². The highest BCUT2D eigenvalue weighted by atomic mass is 16.2. The quantitative estimate of drug-likeness (QED) is 0.797. The van der Waals surface area contributed by atoms with Crippen molar-refractivity contribution < 1.29 is 4.79 Å². The zero-order valence-corrected chi connectivity index (χ0v) is 10.5. The van der Waals surface area contributed by atoms with Gasteiger partial charge in [0, 0.05) is 18.2 Å². The molecule has 0 bridgehead atoms. The smallest absolute Gasteiger partial charge is 0.225 e. The fourth-order valence-corrected chi connectivity index (χ4v) is 2.43. The van der Waals surface area contributed by atoms with Gasteiger partial charge in [-0.25, -0.2) is 0 Å². The van der Waals surface area contributed by atoms with E-state index in [9.17, 15) is 4.79 Å². The van der Waals surface area contributed by atoms with Gasteiger partial charge in [-0.05, 0) is 30.5 Å². The fraction of sp³-hybridized carbons (Fsp3) is 0.500. The molecule has 2 rings (SSSR count). The van der Waals surface area contributed by atoms with Crippen LogP contribution in [0.15, 0.2) is 24.3 Å². The van der Waals surface area contributed by atoms with Crippen LogP contribution in [-0.4, -0.2) is 17.4 Å². The van der Waals surface area contributed by atoms with Crippen LogP contribution in [0.3, 0.4) is 0 Å². The van der Waals surface area contributed by atoms with E-state index in [4.69, 9.17) is 5.73 Å². The number of likely N-dealkylation sites (tertiary alicyclic amines) is 1. The molecule has 1 aliphatic rings. The van der Waals surface area contributed by atoms with Crippen molar-refractivity contribution in [3.8, 4) is 0 Å². The number of benzene rings is 1. The number of carbonyl (C=O) groups is 1. The molecule has 3 heteroatoms. The van der Waals surface area contributed by atoms with Gasteiger partial charge in [-0.2, -0.15) is 0 Å². The van der Waals surface area contributed by atoms with E-state index in [0.29, 0.717) is 0 Å². The molecule has 1 aromatic rings. The summed E-state index contributed by atoms with van der Waals surface area (Å²) in [7, 11) is 0. The first-order valence-corrected chi connectivity index (χ1v) is 6.25. The average molecular weight is 232 g/mol. The number of nitrogens with two attached hydrogens (primary N) is 1. The van der Waals surface area contributed by atoms with Crippen LogP contribution in [0.4, 0.5) is 5.69 Å². The zero-order chi connectivity index (χ0) is 12.4. The molecule has 0 radical (unpaired) electrons. The van der Waals surface area contributed by atoms with Crippen LogP contribution in [0.2, 0.25) is 0 Å². The Bertz CT molecular complexity index is 397. The van der Waals surface area contributed by atoms with E-state index < -0.39 is 0 Å². The van der Waals surface area contributed by atoms with Crippen LogP contribution >= 0.6 is 0 Å². The third-order valence-corrected chi connectivity index (χ3v) is 3.35. The molecule has 1 saturated heterocycles. The highest BCUT2D eigenvalue weighted by Gasteiger charge is 2.30. The normalized spacial score (nSPS) is 19.9. The summed E-state index contributed by atoms with van der Waals surface area (Å²) in [5.41, 5.74) is 7.66. The van der Waals surface area contributed by atoms with Crippen LogP contribution in [0, 0.1) is 5.92 Å². The first-order valence-electron chi connectivity index (χ1n) is 6.25. The van der Waals surface area contributed by atoms with Gasteiger partial charge in [0.25, 0.3) is 0 Å². The first-order chi connectivity index (χ1) is 8.09. The van der Waals surface area contributed by atoms with Gasteiger partial charge in [0.1, 0.15) is 0 Å². The van der Waals surface area contributed by atoms with Crippen LogP contribution in [0.25, 0.3) is 0 Å². The molecule has 92 valence electrons. The van der Waals surface area contributed by atoms with Crippen molar-refractivity contribution >= 4 is 11.6 Å². The summed E-state index contributed by atoms with van der Waals surface area (Å²) in [5, 5.41) is 0. The number of anilines is 1. The standard InChI is InChI=1S/C14H20N2O/c1-10(2)14(17)16-9-3-4-13(16)11-5-7-12(15)8-6-11/h5-8,10,13H,3-4,9,15H2,1-2H3. The molecule has 0 aromatic heterocycles. The number of rotatable bonds is 2. The Hall–Kier alpha value is -1.51. The van der Waals surface area contributed by atoms with E-state index in [1.54, 1.807) is 0 Å². The Morgan fingerprint density at radius 3 is 2.59 bits per heavy atom. The number of nitrogens with zero attached hydrogens (tertiary/aromatic N) is 1. The largest absolute Gasteiger partial charge is 0.399 e. The SMILES string of the molecule is CC(C)C(=O)N1CCCC1c1ccc(N)cc1. The van der Waals surface area contributed by atoms with E-state index in [-0.39, 0.29) is 17.9 Å². The summed E-state index contributed by atoms with van der Waals surface area (Å²) in [6.45, 7) is 4.80. The average Bonchev–Trinajstić information content (AvgIpc) is 2.77. The monoisotopic (exact) mass is 232 g/mol. The summed E-state index contributed by atoms with van der Waals surface area (Å²) in [6, 6.07) is 8.13. The summed E-state index contributed by atoms with van der Waals surface area (Å²) >= 11 is 0. The molecule has 1 unspecified atom stereocenters. The van der Waals surface area contributed by atoms with Gasteiger partial charge in [-0.1, -0.05) is 26.0 Å².